The number of allylic oxidation sites excluding steroid dienone is 2. The van der Waals surface area contributed by atoms with E-state index in [0.717, 1.165) is 23.1 Å². The van der Waals surface area contributed by atoms with E-state index in [4.69, 9.17) is 4.42 Å². The van der Waals surface area contributed by atoms with Crippen molar-refractivity contribution < 1.29 is 14.6 Å². The number of furan rings is 1. The van der Waals surface area contributed by atoms with Crippen LogP contribution in [0.2, 0.25) is 0 Å². The summed E-state index contributed by atoms with van der Waals surface area (Å²) in [6.07, 6.45) is 7.08. The van der Waals surface area contributed by atoms with Gasteiger partial charge >= 0.3 is 0 Å². The molecule has 0 spiro atoms. The third-order valence-corrected chi connectivity index (χ3v) is 3.32. The zero-order valence-electron chi connectivity index (χ0n) is 10.9. The number of rotatable bonds is 3. The smallest absolute Gasteiger partial charge is 0.179 e. The van der Waals surface area contributed by atoms with Crippen molar-refractivity contribution in [1.82, 2.24) is 0 Å². The number of phenols is 2. The number of aryl methyl sites for hydroxylation is 1. The highest BCUT2D eigenvalue weighted by molar-refractivity contribution is 5.93. The molecule has 0 radical (unpaired) electrons. The van der Waals surface area contributed by atoms with Gasteiger partial charge in [0.1, 0.15) is 5.75 Å². The molecular formula is C15H18O3. The van der Waals surface area contributed by atoms with Crippen LogP contribution in [0.4, 0.5) is 0 Å². The summed E-state index contributed by atoms with van der Waals surface area (Å²) in [6.45, 7) is 5.64. The Kier molecular flexibility index (Phi) is 3.32. The summed E-state index contributed by atoms with van der Waals surface area (Å²) < 4.78 is 5.33. The normalized spacial score (nSPS) is 11.7. The summed E-state index contributed by atoms with van der Waals surface area (Å²) in [5.74, 6) is 0.363. The monoisotopic (exact) mass is 246 g/mol. The molecule has 2 rings (SSSR count). The highest BCUT2D eigenvalue weighted by atomic mass is 16.3. The average molecular weight is 246 g/mol. The third-order valence-electron chi connectivity index (χ3n) is 3.32. The molecule has 0 aliphatic heterocycles. The minimum absolute atomic E-state index is 0.151. The predicted molar refractivity (Wildman–Crippen MR) is 72.2 cm³/mol. The molecule has 1 aromatic carbocycles. The predicted octanol–water partition coefficient (Wildman–Crippen LogP) is 3.97. The van der Waals surface area contributed by atoms with Crippen LogP contribution in [0.3, 0.4) is 0 Å². The first-order valence-corrected chi connectivity index (χ1v) is 6.10. The Morgan fingerprint density at radius 1 is 1.22 bits per heavy atom. The fourth-order valence-corrected chi connectivity index (χ4v) is 2.26. The van der Waals surface area contributed by atoms with Gasteiger partial charge in [-0.2, -0.15) is 0 Å². The van der Waals surface area contributed by atoms with E-state index in [1.807, 2.05) is 32.9 Å². The van der Waals surface area contributed by atoms with Crippen molar-refractivity contribution in [3.63, 3.8) is 0 Å². The number of aromatic hydroxyl groups is 2. The Morgan fingerprint density at radius 3 is 2.61 bits per heavy atom. The van der Waals surface area contributed by atoms with Gasteiger partial charge < -0.3 is 14.6 Å². The van der Waals surface area contributed by atoms with Crippen molar-refractivity contribution >= 4 is 11.0 Å². The Hall–Kier alpha value is -1.90. The van der Waals surface area contributed by atoms with Crippen LogP contribution < -0.4 is 0 Å². The van der Waals surface area contributed by atoms with Crippen molar-refractivity contribution in [1.29, 1.82) is 0 Å². The number of hydrogen-bond acceptors (Lipinski definition) is 3. The largest absolute Gasteiger partial charge is 0.507 e. The average Bonchev–Trinajstić information content (AvgIpc) is 2.73. The lowest BCUT2D eigenvalue weighted by Gasteiger charge is -2.11. The molecular weight excluding hydrogens is 228 g/mol. The molecule has 18 heavy (non-hydrogen) atoms. The summed E-state index contributed by atoms with van der Waals surface area (Å²) in [5, 5.41) is 21.1. The number of fused-ring (bicyclic) bond motifs is 1. The Bertz CT molecular complexity index is 606. The highest BCUT2D eigenvalue weighted by Crippen LogP contribution is 2.42. The van der Waals surface area contributed by atoms with E-state index in [2.05, 4.69) is 0 Å². The van der Waals surface area contributed by atoms with Gasteiger partial charge in [0.25, 0.3) is 0 Å². The van der Waals surface area contributed by atoms with Gasteiger partial charge in [-0.3, -0.25) is 0 Å². The maximum absolute atomic E-state index is 10.2. The molecule has 0 unspecified atom stereocenters. The van der Waals surface area contributed by atoms with Crippen molar-refractivity contribution in [2.45, 2.75) is 33.6 Å². The van der Waals surface area contributed by atoms with E-state index >= 15 is 0 Å². The van der Waals surface area contributed by atoms with Gasteiger partial charge in [-0.05, 0) is 44.7 Å². The zero-order chi connectivity index (χ0) is 13.3. The van der Waals surface area contributed by atoms with Gasteiger partial charge in [0.15, 0.2) is 11.3 Å². The van der Waals surface area contributed by atoms with E-state index in [9.17, 15) is 10.2 Å². The molecule has 0 saturated heterocycles. The molecule has 0 amide bonds. The van der Waals surface area contributed by atoms with E-state index in [0.29, 0.717) is 17.4 Å². The molecule has 0 aliphatic carbocycles. The van der Waals surface area contributed by atoms with Crippen molar-refractivity contribution in [3.8, 4) is 11.5 Å². The topological polar surface area (TPSA) is 53.6 Å². The van der Waals surface area contributed by atoms with Gasteiger partial charge in [-0.25, -0.2) is 0 Å². The van der Waals surface area contributed by atoms with E-state index in [1.54, 1.807) is 6.26 Å². The summed E-state index contributed by atoms with van der Waals surface area (Å²) >= 11 is 0. The van der Waals surface area contributed by atoms with Gasteiger partial charge in [-0.15, -0.1) is 0 Å². The molecule has 0 saturated carbocycles. The molecule has 3 heteroatoms. The lowest BCUT2D eigenvalue weighted by Crippen LogP contribution is -1.92. The Labute approximate surface area is 106 Å². The summed E-state index contributed by atoms with van der Waals surface area (Å²) in [5.41, 5.74) is 2.70. The molecule has 1 aromatic heterocycles. The summed E-state index contributed by atoms with van der Waals surface area (Å²) in [7, 11) is 0. The number of hydrogen-bond donors (Lipinski definition) is 2. The lowest BCUT2D eigenvalue weighted by molar-refractivity contribution is 0.448. The highest BCUT2D eigenvalue weighted by Gasteiger charge is 2.19. The third kappa shape index (κ3) is 1.86. The van der Waals surface area contributed by atoms with Crippen LogP contribution >= 0.6 is 0 Å². The quantitative estimate of drug-likeness (QED) is 0.636. The Balaban J connectivity index is 2.60. The molecule has 0 fully saturated rings. The van der Waals surface area contributed by atoms with E-state index < -0.39 is 0 Å². The van der Waals surface area contributed by atoms with E-state index in [-0.39, 0.29) is 11.5 Å². The van der Waals surface area contributed by atoms with Crippen LogP contribution in [-0.2, 0) is 6.42 Å². The van der Waals surface area contributed by atoms with Gasteiger partial charge in [0.05, 0.1) is 11.6 Å². The minimum atomic E-state index is 0.151. The first-order valence-electron chi connectivity index (χ1n) is 6.10. The van der Waals surface area contributed by atoms with E-state index in [1.165, 1.54) is 0 Å². The molecule has 1 heterocycles. The second kappa shape index (κ2) is 4.77. The van der Waals surface area contributed by atoms with Crippen molar-refractivity contribution in [3.05, 3.63) is 35.1 Å². The molecule has 0 atom stereocenters. The van der Waals surface area contributed by atoms with Gasteiger partial charge in [0.2, 0.25) is 0 Å². The SMILES string of the molecule is C/C=C/CCc1c(C)c(O)c2c(C)coc2c1O. The first-order chi connectivity index (χ1) is 8.57. The molecule has 0 bridgehead atoms. The van der Waals surface area contributed by atoms with Crippen LogP contribution in [0.15, 0.2) is 22.8 Å². The zero-order valence-corrected chi connectivity index (χ0v) is 10.9. The Morgan fingerprint density at radius 2 is 1.94 bits per heavy atom. The number of benzene rings is 1. The lowest BCUT2D eigenvalue weighted by atomic mass is 9.98. The minimum Gasteiger partial charge on any atom is -0.507 e. The maximum atomic E-state index is 10.2. The standard InChI is InChI=1S/C15H18O3/c1-4-5-6-7-11-10(3)13(16)12-9(2)8-18-15(12)14(11)17/h4-5,8,16-17H,6-7H2,1-3H3/b5-4+. The van der Waals surface area contributed by atoms with Crippen LogP contribution in [0, 0.1) is 13.8 Å². The summed E-state index contributed by atoms with van der Waals surface area (Å²) in [6, 6.07) is 0. The van der Waals surface area contributed by atoms with Crippen LogP contribution in [-0.4, -0.2) is 10.2 Å². The van der Waals surface area contributed by atoms with Gasteiger partial charge in [0, 0.05) is 5.56 Å². The molecule has 2 aromatic rings. The van der Waals surface area contributed by atoms with Gasteiger partial charge in [-0.1, -0.05) is 12.2 Å². The fourth-order valence-electron chi connectivity index (χ4n) is 2.26. The van der Waals surface area contributed by atoms with Crippen LogP contribution in [0.25, 0.3) is 11.0 Å². The molecule has 2 N–H and O–H groups in total. The van der Waals surface area contributed by atoms with Crippen LogP contribution in [0.5, 0.6) is 11.5 Å². The maximum Gasteiger partial charge on any atom is 0.179 e. The number of phenolic OH excluding ortho intramolecular Hbond substituents is 2. The van der Waals surface area contributed by atoms with Crippen molar-refractivity contribution in [2.75, 3.05) is 0 Å². The van der Waals surface area contributed by atoms with Crippen LogP contribution in [0.1, 0.15) is 30.0 Å². The molecule has 0 aliphatic rings. The molecule has 3 nitrogen and oxygen atoms in total. The fraction of sp³-hybridized carbons (Fsp3) is 0.333. The second-order valence-electron chi connectivity index (χ2n) is 4.53. The second-order valence-corrected chi connectivity index (χ2v) is 4.53. The molecule has 96 valence electrons. The first kappa shape index (κ1) is 12.6. The summed E-state index contributed by atoms with van der Waals surface area (Å²) in [4.78, 5) is 0. The van der Waals surface area contributed by atoms with Crippen molar-refractivity contribution in [2.24, 2.45) is 0 Å².